The molecule has 6 heteroatoms. The number of rotatable bonds is 6. The van der Waals surface area contributed by atoms with Crippen molar-refractivity contribution in [3.05, 3.63) is 51.9 Å². The molecule has 2 aromatic rings. The van der Waals surface area contributed by atoms with Gasteiger partial charge in [-0.05, 0) is 55.9 Å². The molecule has 136 valence electrons. The fraction of sp³-hybridized carbons (Fsp3) is 0.450. The van der Waals surface area contributed by atoms with Gasteiger partial charge < -0.3 is 9.53 Å². The lowest BCUT2D eigenvalue weighted by atomic mass is 10.0. The summed E-state index contributed by atoms with van der Waals surface area (Å²) in [6.45, 7) is 5.46. The van der Waals surface area contributed by atoms with E-state index in [9.17, 15) is 4.79 Å². The molecule has 2 aromatic heterocycles. The van der Waals surface area contributed by atoms with Crippen LogP contribution in [0.5, 0.6) is 5.88 Å². The Labute approximate surface area is 158 Å². The Morgan fingerprint density at radius 1 is 1.42 bits per heavy atom. The quantitative estimate of drug-likeness (QED) is 0.566. The number of aromatic nitrogens is 2. The van der Waals surface area contributed by atoms with E-state index in [-0.39, 0.29) is 12.1 Å². The standard InChI is InChI=1S/C20H22ClN3O2/c1-12-7-15(8-23-20(12)26-11-14-3-4-14)13(2)24-9-17-16(18(24)10-25)5-6-22-19(17)21/h5-8,10,13-14,18H,3-4,9,11H2,1-2H3. The highest BCUT2D eigenvalue weighted by molar-refractivity contribution is 6.30. The van der Waals surface area contributed by atoms with Crippen LogP contribution in [0.1, 0.15) is 54.1 Å². The van der Waals surface area contributed by atoms with Crippen LogP contribution in [0.2, 0.25) is 5.15 Å². The Bertz CT molecular complexity index is 838. The van der Waals surface area contributed by atoms with E-state index in [4.69, 9.17) is 16.3 Å². The second-order valence-corrected chi connectivity index (χ2v) is 7.60. The summed E-state index contributed by atoms with van der Waals surface area (Å²) in [6, 6.07) is 3.69. The number of fused-ring (bicyclic) bond motifs is 1. The number of aryl methyl sites for hydroxylation is 1. The van der Waals surface area contributed by atoms with Gasteiger partial charge in [-0.1, -0.05) is 11.6 Å². The number of hydrogen-bond acceptors (Lipinski definition) is 5. The highest BCUT2D eigenvalue weighted by Crippen LogP contribution is 2.41. The minimum atomic E-state index is -0.313. The zero-order valence-corrected chi connectivity index (χ0v) is 15.7. The molecule has 0 aromatic carbocycles. The van der Waals surface area contributed by atoms with Gasteiger partial charge in [-0.25, -0.2) is 9.97 Å². The fourth-order valence-electron chi connectivity index (χ4n) is 3.54. The average molecular weight is 372 g/mol. The zero-order valence-electron chi connectivity index (χ0n) is 15.0. The molecule has 1 saturated carbocycles. The first-order valence-electron chi connectivity index (χ1n) is 9.02. The molecule has 0 radical (unpaired) electrons. The van der Waals surface area contributed by atoms with Crippen molar-refractivity contribution in [2.75, 3.05) is 6.61 Å². The molecule has 2 aliphatic rings. The number of halogens is 1. The summed E-state index contributed by atoms with van der Waals surface area (Å²) in [7, 11) is 0. The Balaban J connectivity index is 1.55. The van der Waals surface area contributed by atoms with E-state index in [1.807, 2.05) is 19.2 Å². The van der Waals surface area contributed by atoms with Crippen molar-refractivity contribution in [3.8, 4) is 5.88 Å². The Hall–Kier alpha value is -1.98. The summed E-state index contributed by atoms with van der Waals surface area (Å²) < 4.78 is 5.82. The molecule has 1 aliphatic carbocycles. The molecule has 0 bridgehead atoms. The van der Waals surface area contributed by atoms with E-state index in [1.54, 1.807) is 6.20 Å². The normalized spacial score (nSPS) is 20.7. The molecule has 5 nitrogen and oxygen atoms in total. The predicted octanol–water partition coefficient (Wildman–Crippen LogP) is 4.04. The molecule has 4 rings (SSSR count). The third kappa shape index (κ3) is 3.21. The molecule has 2 atom stereocenters. The predicted molar refractivity (Wildman–Crippen MR) is 99.2 cm³/mol. The summed E-state index contributed by atoms with van der Waals surface area (Å²) in [5.74, 6) is 1.40. The third-order valence-corrected chi connectivity index (χ3v) is 5.69. The largest absolute Gasteiger partial charge is 0.477 e. The maximum Gasteiger partial charge on any atom is 0.216 e. The van der Waals surface area contributed by atoms with Crippen LogP contribution in [0.4, 0.5) is 0 Å². The molecular formula is C20H22ClN3O2. The maximum absolute atomic E-state index is 11.8. The van der Waals surface area contributed by atoms with Crippen molar-refractivity contribution >= 4 is 17.9 Å². The number of ether oxygens (including phenoxy) is 1. The molecule has 1 aliphatic heterocycles. The SMILES string of the molecule is Cc1cc(C(C)N2Cc3c(ccnc3Cl)C2C=O)cnc1OCC1CC1. The van der Waals surface area contributed by atoms with Gasteiger partial charge in [0.2, 0.25) is 5.88 Å². The minimum absolute atomic E-state index is 0.0253. The van der Waals surface area contributed by atoms with E-state index in [1.165, 1.54) is 12.8 Å². The number of hydrogen-bond donors (Lipinski definition) is 0. The van der Waals surface area contributed by atoms with Gasteiger partial charge in [-0.3, -0.25) is 4.90 Å². The molecule has 0 saturated heterocycles. The molecule has 26 heavy (non-hydrogen) atoms. The van der Waals surface area contributed by atoms with Crippen LogP contribution in [0.3, 0.4) is 0 Å². The number of carbonyl (C=O) groups is 1. The molecule has 0 spiro atoms. The van der Waals surface area contributed by atoms with Gasteiger partial charge >= 0.3 is 0 Å². The highest BCUT2D eigenvalue weighted by Gasteiger charge is 2.35. The summed E-state index contributed by atoms with van der Waals surface area (Å²) in [6.07, 6.45) is 7.00. The van der Waals surface area contributed by atoms with Crippen LogP contribution < -0.4 is 4.74 Å². The van der Waals surface area contributed by atoms with Crippen molar-refractivity contribution < 1.29 is 9.53 Å². The molecule has 2 unspecified atom stereocenters. The topological polar surface area (TPSA) is 55.3 Å². The van der Waals surface area contributed by atoms with Crippen LogP contribution in [0, 0.1) is 12.8 Å². The van der Waals surface area contributed by atoms with Crippen LogP contribution in [0.25, 0.3) is 0 Å². The lowest BCUT2D eigenvalue weighted by Crippen LogP contribution is -2.26. The van der Waals surface area contributed by atoms with E-state index in [2.05, 4.69) is 27.9 Å². The third-order valence-electron chi connectivity index (χ3n) is 5.37. The van der Waals surface area contributed by atoms with Crippen molar-refractivity contribution in [2.45, 2.75) is 45.3 Å². The van der Waals surface area contributed by atoms with E-state index >= 15 is 0 Å². The van der Waals surface area contributed by atoms with E-state index in [0.29, 0.717) is 23.5 Å². The Morgan fingerprint density at radius 3 is 2.92 bits per heavy atom. The first kappa shape index (κ1) is 17.4. The van der Waals surface area contributed by atoms with Crippen molar-refractivity contribution in [1.82, 2.24) is 14.9 Å². The summed E-state index contributed by atoms with van der Waals surface area (Å²) >= 11 is 6.24. The van der Waals surface area contributed by atoms with Gasteiger partial charge in [-0.2, -0.15) is 0 Å². The van der Waals surface area contributed by atoms with Gasteiger partial charge in [0.25, 0.3) is 0 Å². The van der Waals surface area contributed by atoms with Gasteiger partial charge in [0, 0.05) is 36.1 Å². The lowest BCUT2D eigenvalue weighted by Gasteiger charge is -2.28. The van der Waals surface area contributed by atoms with Crippen molar-refractivity contribution in [3.63, 3.8) is 0 Å². The zero-order chi connectivity index (χ0) is 18.3. The monoisotopic (exact) mass is 371 g/mol. The average Bonchev–Trinajstić information content (AvgIpc) is 3.38. The molecule has 3 heterocycles. The van der Waals surface area contributed by atoms with Gasteiger partial charge in [0.1, 0.15) is 11.4 Å². The van der Waals surface area contributed by atoms with E-state index < -0.39 is 0 Å². The summed E-state index contributed by atoms with van der Waals surface area (Å²) in [5, 5.41) is 0.474. The first-order chi connectivity index (χ1) is 12.6. The number of nitrogens with zero attached hydrogens (tertiary/aromatic N) is 3. The van der Waals surface area contributed by atoms with Gasteiger partial charge in [0.15, 0.2) is 0 Å². The molecule has 0 N–H and O–H groups in total. The second-order valence-electron chi connectivity index (χ2n) is 7.24. The number of aldehydes is 1. The smallest absolute Gasteiger partial charge is 0.216 e. The lowest BCUT2D eigenvalue weighted by molar-refractivity contribution is -0.113. The van der Waals surface area contributed by atoms with Gasteiger partial charge in [-0.15, -0.1) is 0 Å². The number of carbonyl (C=O) groups excluding carboxylic acids is 1. The first-order valence-corrected chi connectivity index (χ1v) is 9.40. The van der Waals surface area contributed by atoms with Crippen LogP contribution in [-0.2, 0) is 11.3 Å². The van der Waals surface area contributed by atoms with Crippen LogP contribution in [0.15, 0.2) is 24.5 Å². The maximum atomic E-state index is 11.8. The second kappa shape index (κ2) is 6.97. The summed E-state index contributed by atoms with van der Waals surface area (Å²) in [5.41, 5.74) is 3.96. The van der Waals surface area contributed by atoms with Crippen LogP contribution >= 0.6 is 11.6 Å². The summed E-state index contributed by atoms with van der Waals surface area (Å²) in [4.78, 5) is 22.6. The van der Waals surface area contributed by atoms with Crippen molar-refractivity contribution in [1.29, 1.82) is 0 Å². The molecule has 1 fully saturated rings. The molecule has 0 amide bonds. The van der Waals surface area contributed by atoms with E-state index in [0.717, 1.165) is 35.1 Å². The fourth-order valence-corrected chi connectivity index (χ4v) is 3.76. The Kier molecular flexibility index (Phi) is 4.67. The van der Waals surface area contributed by atoms with Gasteiger partial charge in [0.05, 0.1) is 12.6 Å². The molecular weight excluding hydrogens is 350 g/mol. The van der Waals surface area contributed by atoms with Crippen LogP contribution in [-0.4, -0.2) is 27.8 Å². The minimum Gasteiger partial charge on any atom is -0.477 e. The highest BCUT2D eigenvalue weighted by atomic mass is 35.5. The Morgan fingerprint density at radius 2 is 2.23 bits per heavy atom. The van der Waals surface area contributed by atoms with Crippen molar-refractivity contribution in [2.24, 2.45) is 5.92 Å². The number of pyridine rings is 2.